The van der Waals surface area contributed by atoms with E-state index < -0.39 is 25.4 Å². The first kappa shape index (κ1) is 19.6. The highest BCUT2D eigenvalue weighted by molar-refractivity contribution is 5.93. The van der Waals surface area contributed by atoms with E-state index >= 15 is 0 Å². The summed E-state index contributed by atoms with van der Waals surface area (Å²) in [5.41, 5.74) is 11.5. The van der Waals surface area contributed by atoms with E-state index in [1.54, 1.807) is 0 Å². The SMILES string of the molecule is NC(=Nc1ccccc1)Nc1ccccc1.NC(CO)(CO)CO. The molecule has 0 radical (unpaired) electrons. The normalized spacial score (nSPS) is 11.4. The molecule has 0 unspecified atom stereocenters. The van der Waals surface area contributed by atoms with Crippen molar-refractivity contribution < 1.29 is 15.3 Å². The highest BCUT2D eigenvalue weighted by Gasteiger charge is 2.20. The zero-order chi connectivity index (χ0) is 17.8. The lowest BCUT2D eigenvalue weighted by atomic mass is 10.1. The molecule has 7 nitrogen and oxygen atoms in total. The van der Waals surface area contributed by atoms with Crippen molar-refractivity contribution in [1.82, 2.24) is 0 Å². The number of aliphatic hydroxyl groups is 3. The fourth-order valence-electron chi connectivity index (χ4n) is 1.49. The van der Waals surface area contributed by atoms with Gasteiger partial charge < -0.3 is 32.1 Å². The number of guanidine groups is 1. The number of hydrogen-bond acceptors (Lipinski definition) is 5. The van der Waals surface area contributed by atoms with Crippen LogP contribution in [0.4, 0.5) is 11.4 Å². The monoisotopic (exact) mass is 332 g/mol. The van der Waals surface area contributed by atoms with Gasteiger partial charge in [-0.2, -0.15) is 0 Å². The molecule has 0 aliphatic rings. The van der Waals surface area contributed by atoms with E-state index in [4.69, 9.17) is 26.8 Å². The van der Waals surface area contributed by atoms with Crippen molar-refractivity contribution in [1.29, 1.82) is 0 Å². The van der Waals surface area contributed by atoms with Crippen LogP contribution in [0.1, 0.15) is 0 Å². The first-order valence-corrected chi connectivity index (χ1v) is 7.36. The van der Waals surface area contributed by atoms with Crippen molar-refractivity contribution >= 4 is 17.3 Å². The van der Waals surface area contributed by atoms with Gasteiger partial charge in [0.15, 0.2) is 5.96 Å². The molecular weight excluding hydrogens is 308 g/mol. The van der Waals surface area contributed by atoms with Crippen LogP contribution in [-0.2, 0) is 0 Å². The Hall–Kier alpha value is -2.45. The fraction of sp³-hybridized carbons (Fsp3) is 0.235. The van der Waals surface area contributed by atoms with Gasteiger partial charge in [0.05, 0.1) is 31.0 Å². The maximum absolute atomic E-state index is 8.34. The van der Waals surface area contributed by atoms with Crippen LogP contribution in [-0.4, -0.2) is 46.6 Å². The number of aliphatic hydroxyl groups excluding tert-OH is 3. The molecule has 0 atom stereocenters. The number of hydrogen-bond donors (Lipinski definition) is 6. The smallest absolute Gasteiger partial charge is 0.198 e. The molecule has 0 saturated carbocycles. The Labute approximate surface area is 141 Å². The third kappa shape index (κ3) is 7.21. The molecule has 0 saturated heterocycles. The predicted octanol–water partition coefficient (Wildman–Crippen LogP) is 0.406. The summed E-state index contributed by atoms with van der Waals surface area (Å²) >= 11 is 0. The lowest BCUT2D eigenvalue weighted by Gasteiger charge is -2.20. The molecule has 2 aromatic carbocycles. The lowest BCUT2D eigenvalue weighted by molar-refractivity contribution is 0.0698. The molecule has 0 aliphatic carbocycles. The van der Waals surface area contributed by atoms with Gasteiger partial charge in [0.2, 0.25) is 0 Å². The average molecular weight is 332 g/mol. The third-order valence-corrected chi connectivity index (χ3v) is 3.00. The van der Waals surface area contributed by atoms with Gasteiger partial charge in [-0.25, -0.2) is 4.99 Å². The standard InChI is InChI=1S/C13H13N3.C4H11NO3/c14-13(15-11-7-3-1-4-8-11)16-12-9-5-2-6-10-12;5-4(1-6,2-7)3-8/h1-10H,(H3,14,15,16);6-8H,1-3,5H2. The summed E-state index contributed by atoms with van der Waals surface area (Å²) in [6, 6.07) is 19.3. The number of rotatable bonds is 5. The molecule has 7 heteroatoms. The van der Waals surface area contributed by atoms with E-state index in [1.807, 2.05) is 60.7 Å². The summed E-state index contributed by atoms with van der Waals surface area (Å²) in [4.78, 5) is 4.24. The van der Waals surface area contributed by atoms with Crippen LogP contribution in [0.25, 0.3) is 0 Å². The van der Waals surface area contributed by atoms with Gasteiger partial charge in [-0.1, -0.05) is 36.4 Å². The average Bonchev–Trinajstić information content (AvgIpc) is 2.63. The van der Waals surface area contributed by atoms with E-state index in [0.29, 0.717) is 5.96 Å². The highest BCUT2D eigenvalue weighted by atomic mass is 16.3. The Balaban J connectivity index is 0.000000307. The topological polar surface area (TPSA) is 137 Å². The molecule has 0 aromatic heterocycles. The van der Waals surface area contributed by atoms with Gasteiger partial charge in [0, 0.05) is 5.69 Å². The minimum absolute atomic E-state index is 0.386. The minimum Gasteiger partial charge on any atom is -0.394 e. The summed E-state index contributed by atoms with van der Waals surface area (Å²) < 4.78 is 0. The zero-order valence-electron chi connectivity index (χ0n) is 13.3. The van der Waals surface area contributed by atoms with E-state index in [1.165, 1.54) is 0 Å². The van der Waals surface area contributed by atoms with E-state index in [9.17, 15) is 0 Å². The van der Waals surface area contributed by atoms with Gasteiger partial charge in [-0.15, -0.1) is 0 Å². The van der Waals surface area contributed by atoms with Crippen molar-refractivity contribution in [3.8, 4) is 0 Å². The van der Waals surface area contributed by atoms with Gasteiger partial charge in [0.1, 0.15) is 0 Å². The summed E-state index contributed by atoms with van der Waals surface area (Å²) in [6.45, 7) is -1.21. The molecule has 0 amide bonds. The van der Waals surface area contributed by atoms with Gasteiger partial charge in [-0.05, 0) is 24.3 Å². The van der Waals surface area contributed by atoms with Crippen LogP contribution in [0, 0.1) is 0 Å². The Bertz CT molecular complexity index is 593. The highest BCUT2D eigenvalue weighted by Crippen LogP contribution is 2.10. The van der Waals surface area contributed by atoms with Crippen molar-refractivity contribution in [3.05, 3.63) is 60.7 Å². The molecule has 0 spiro atoms. The molecule has 0 fully saturated rings. The van der Waals surface area contributed by atoms with Crippen molar-refractivity contribution in [2.75, 3.05) is 25.1 Å². The van der Waals surface area contributed by atoms with Crippen LogP contribution >= 0.6 is 0 Å². The first-order valence-electron chi connectivity index (χ1n) is 7.36. The number of aliphatic imine (C=N–C) groups is 1. The second-order valence-electron chi connectivity index (χ2n) is 5.16. The van der Waals surface area contributed by atoms with Crippen LogP contribution in [0.5, 0.6) is 0 Å². The van der Waals surface area contributed by atoms with Gasteiger partial charge >= 0.3 is 0 Å². The zero-order valence-corrected chi connectivity index (χ0v) is 13.3. The molecule has 24 heavy (non-hydrogen) atoms. The number of nitrogens with one attached hydrogen (secondary N) is 1. The molecule has 0 bridgehead atoms. The summed E-state index contributed by atoms with van der Waals surface area (Å²) in [5.74, 6) is 0.386. The van der Waals surface area contributed by atoms with E-state index in [2.05, 4.69) is 10.3 Å². The molecule has 2 aromatic rings. The third-order valence-electron chi connectivity index (χ3n) is 3.00. The van der Waals surface area contributed by atoms with E-state index in [-0.39, 0.29) is 0 Å². The fourth-order valence-corrected chi connectivity index (χ4v) is 1.49. The summed E-state index contributed by atoms with van der Waals surface area (Å²) in [6.07, 6.45) is 0. The van der Waals surface area contributed by atoms with Crippen LogP contribution < -0.4 is 16.8 Å². The van der Waals surface area contributed by atoms with Crippen LogP contribution in [0.2, 0.25) is 0 Å². The Morgan fingerprint density at radius 2 is 1.33 bits per heavy atom. The molecule has 2 rings (SSSR count). The van der Waals surface area contributed by atoms with Crippen LogP contribution in [0.15, 0.2) is 65.7 Å². The Kier molecular flexibility index (Phi) is 8.45. The molecule has 8 N–H and O–H groups in total. The minimum atomic E-state index is -1.21. The van der Waals surface area contributed by atoms with Crippen molar-refractivity contribution in [3.63, 3.8) is 0 Å². The van der Waals surface area contributed by atoms with Gasteiger partial charge in [0.25, 0.3) is 0 Å². The second-order valence-corrected chi connectivity index (χ2v) is 5.16. The number of benzene rings is 2. The molecule has 130 valence electrons. The maximum Gasteiger partial charge on any atom is 0.198 e. The maximum atomic E-state index is 8.34. The molecule has 0 aliphatic heterocycles. The van der Waals surface area contributed by atoms with Gasteiger partial charge in [-0.3, -0.25) is 0 Å². The predicted molar refractivity (Wildman–Crippen MR) is 96.0 cm³/mol. The van der Waals surface area contributed by atoms with Crippen molar-refractivity contribution in [2.24, 2.45) is 16.5 Å². The Morgan fingerprint density at radius 3 is 1.75 bits per heavy atom. The molecule has 0 heterocycles. The number of anilines is 1. The first-order chi connectivity index (χ1) is 11.5. The largest absolute Gasteiger partial charge is 0.394 e. The number of nitrogens with two attached hydrogens (primary N) is 2. The summed E-state index contributed by atoms with van der Waals surface area (Å²) in [7, 11) is 0. The Morgan fingerprint density at radius 1 is 0.875 bits per heavy atom. The number of para-hydroxylation sites is 2. The number of nitrogens with zero attached hydrogens (tertiary/aromatic N) is 1. The second kappa shape index (κ2) is 10.3. The molecular formula is C17H24N4O3. The lowest BCUT2D eigenvalue weighted by Crippen LogP contribution is -2.50. The van der Waals surface area contributed by atoms with Crippen LogP contribution in [0.3, 0.4) is 0 Å². The quantitative estimate of drug-likeness (QED) is 0.346. The van der Waals surface area contributed by atoms with Crippen molar-refractivity contribution in [2.45, 2.75) is 5.54 Å². The summed E-state index contributed by atoms with van der Waals surface area (Å²) in [5, 5.41) is 28.0. The van der Waals surface area contributed by atoms with E-state index in [0.717, 1.165) is 11.4 Å².